The van der Waals surface area contributed by atoms with E-state index in [-0.39, 0.29) is 0 Å². The lowest BCUT2D eigenvalue weighted by atomic mass is 9.87. The van der Waals surface area contributed by atoms with Gasteiger partial charge in [0.05, 0.1) is 0 Å². The number of hydrogen-bond donors (Lipinski definition) is 1. The number of nitrogens with zero attached hydrogens (tertiary/aromatic N) is 1. The molecule has 2 aliphatic rings. The summed E-state index contributed by atoms with van der Waals surface area (Å²) in [6.45, 7) is 6.07. The van der Waals surface area contributed by atoms with E-state index >= 15 is 0 Å². The van der Waals surface area contributed by atoms with E-state index in [1.54, 1.807) is 11.1 Å². The maximum atomic E-state index is 3.68. The Labute approximate surface area is 129 Å². The van der Waals surface area contributed by atoms with Gasteiger partial charge in [-0.3, -0.25) is 4.90 Å². The molecule has 21 heavy (non-hydrogen) atoms. The summed E-state index contributed by atoms with van der Waals surface area (Å²) >= 11 is 0. The predicted molar refractivity (Wildman–Crippen MR) is 89.8 cm³/mol. The second-order valence-corrected chi connectivity index (χ2v) is 6.81. The van der Waals surface area contributed by atoms with Gasteiger partial charge in [-0.25, -0.2) is 0 Å². The van der Waals surface area contributed by atoms with Gasteiger partial charge in [-0.15, -0.1) is 0 Å². The molecule has 3 rings (SSSR count). The van der Waals surface area contributed by atoms with Crippen LogP contribution in [0.1, 0.15) is 50.2 Å². The zero-order chi connectivity index (χ0) is 14.5. The minimum absolute atomic E-state index is 0.735. The second-order valence-electron chi connectivity index (χ2n) is 6.81. The van der Waals surface area contributed by atoms with Gasteiger partial charge in [0, 0.05) is 18.6 Å². The minimum atomic E-state index is 0.735. The van der Waals surface area contributed by atoms with E-state index in [1.807, 2.05) is 0 Å². The van der Waals surface area contributed by atoms with Gasteiger partial charge in [-0.05, 0) is 62.7 Å². The first-order valence-corrected chi connectivity index (χ1v) is 8.91. The molecule has 0 radical (unpaired) electrons. The number of aryl methyl sites for hydroxylation is 1. The fraction of sp³-hybridized carbons (Fsp3) is 0.684. The lowest BCUT2D eigenvalue weighted by molar-refractivity contribution is 0.162. The van der Waals surface area contributed by atoms with Crippen molar-refractivity contribution in [2.75, 3.05) is 19.6 Å². The van der Waals surface area contributed by atoms with Gasteiger partial charge in [0.2, 0.25) is 0 Å². The van der Waals surface area contributed by atoms with Gasteiger partial charge in [-0.2, -0.15) is 0 Å². The first-order chi connectivity index (χ1) is 10.4. The summed E-state index contributed by atoms with van der Waals surface area (Å²) in [6, 6.07) is 10.5. The number of hydrogen-bond acceptors (Lipinski definition) is 2. The third-order valence-electron chi connectivity index (χ3n) is 5.25. The molecule has 0 bridgehead atoms. The first kappa shape index (κ1) is 15.1. The maximum absolute atomic E-state index is 3.68. The zero-order valence-electron chi connectivity index (χ0n) is 13.5. The van der Waals surface area contributed by atoms with E-state index in [4.69, 9.17) is 0 Å². The molecule has 1 N–H and O–H groups in total. The molecular formula is C19H30N2. The molecular weight excluding hydrogens is 256 g/mol. The van der Waals surface area contributed by atoms with E-state index in [0.717, 1.165) is 12.1 Å². The molecule has 0 amide bonds. The Morgan fingerprint density at radius 2 is 2.05 bits per heavy atom. The highest BCUT2D eigenvalue weighted by Crippen LogP contribution is 2.25. The van der Waals surface area contributed by atoms with E-state index in [9.17, 15) is 0 Å². The zero-order valence-corrected chi connectivity index (χ0v) is 13.5. The van der Waals surface area contributed by atoms with Crippen molar-refractivity contribution < 1.29 is 0 Å². The summed E-state index contributed by atoms with van der Waals surface area (Å²) in [6.07, 6.45) is 9.23. The normalized spacial score (nSPS) is 25.2. The molecule has 1 saturated heterocycles. The molecule has 1 fully saturated rings. The molecule has 1 aliphatic heterocycles. The summed E-state index contributed by atoms with van der Waals surface area (Å²) < 4.78 is 0. The standard InChI is InChI=1S/C19H30N2/c1-2-3-13-21(15-18-9-6-12-20-18)19-11-10-16-7-4-5-8-17(16)14-19/h4-5,7-8,18-20H,2-3,6,9-15H2,1H3. The molecule has 0 saturated carbocycles. The molecule has 2 nitrogen and oxygen atoms in total. The number of fused-ring (bicyclic) bond motifs is 1. The Balaban J connectivity index is 1.65. The average molecular weight is 286 g/mol. The van der Waals surface area contributed by atoms with Gasteiger partial charge in [0.1, 0.15) is 0 Å². The molecule has 0 spiro atoms. The summed E-state index contributed by atoms with van der Waals surface area (Å²) in [5.74, 6) is 0. The molecule has 2 heteroatoms. The Morgan fingerprint density at radius 1 is 1.19 bits per heavy atom. The number of rotatable bonds is 6. The Morgan fingerprint density at radius 3 is 2.81 bits per heavy atom. The third-order valence-corrected chi connectivity index (χ3v) is 5.25. The molecule has 2 atom stereocenters. The van der Waals surface area contributed by atoms with Crippen LogP contribution in [0.25, 0.3) is 0 Å². The molecule has 1 aromatic rings. The summed E-state index contributed by atoms with van der Waals surface area (Å²) in [5, 5.41) is 3.68. The maximum Gasteiger partial charge on any atom is 0.0195 e. The fourth-order valence-corrected chi connectivity index (χ4v) is 3.97. The van der Waals surface area contributed by atoms with Crippen LogP contribution >= 0.6 is 0 Å². The van der Waals surface area contributed by atoms with Gasteiger partial charge in [-0.1, -0.05) is 37.6 Å². The highest BCUT2D eigenvalue weighted by Gasteiger charge is 2.26. The lowest BCUT2D eigenvalue weighted by Gasteiger charge is -2.36. The number of unbranched alkanes of at least 4 members (excludes halogenated alkanes) is 1. The summed E-state index contributed by atoms with van der Waals surface area (Å²) in [5.41, 5.74) is 3.18. The van der Waals surface area contributed by atoms with Gasteiger partial charge >= 0.3 is 0 Å². The van der Waals surface area contributed by atoms with Crippen LogP contribution in [-0.2, 0) is 12.8 Å². The molecule has 0 aromatic heterocycles. The largest absolute Gasteiger partial charge is 0.313 e. The number of nitrogens with one attached hydrogen (secondary N) is 1. The van der Waals surface area contributed by atoms with E-state index in [0.29, 0.717) is 0 Å². The van der Waals surface area contributed by atoms with E-state index < -0.39 is 0 Å². The molecule has 1 aromatic carbocycles. The van der Waals surface area contributed by atoms with Crippen molar-refractivity contribution in [2.45, 2.75) is 64.0 Å². The van der Waals surface area contributed by atoms with Crippen molar-refractivity contribution in [1.29, 1.82) is 0 Å². The highest BCUT2D eigenvalue weighted by molar-refractivity contribution is 5.30. The summed E-state index contributed by atoms with van der Waals surface area (Å²) in [7, 11) is 0. The van der Waals surface area contributed by atoms with Crippen LogP contribution in [0.3, 0.4) is 0 Å². The van der Waals surface area contributed by atoms with Crippen molar-refractivity contribution in [3.63, 3.8) is 0 Å². The average Bonchev–Trinajstić information content (AvgIpc) is 3.04. The smallest absolute Gasteiger partial charge is 0.0195 e. The van der Waals surface area contributed by atoms with Crippen LogP contribution in [0.5, 0.6) is 0 Å². The third kappa shape index (κ3) is 3.87. The van der Waals surface area contributed by atoms with Crippen LogP contribution in [0.2, 0.25) is 0 Å². The van der Waals surface area contributed by atoms with Crippen LogP contribution in [-0.4, -0.2) is 36.6 Å². The van der Waals surface area contributed by atoms with Gasteiger partial charge in [0.15, 0.2) is 0 Å². The lowest BCUT2D eigenvalue weighted by Crippen LogP contribution is -2.46. The van der Waals surface area contributed by atoms with Crippen molar-refractivity contribution in [3.05, 3.63) is 35.4 Å². The SMILES string of the molecule is CCCCN(CC1CCCN1)C1CCc2ccccc2C1. The minimum Gasteiger partial charge on any atom is -0.313 e. The quantitative estimate of drug-likeness (QED) is 0.862. The van der Waals surface area contributed by atoms with Gasteiger partial charge in [0.25, 0.3) is 0 Å². The molecule has 1 aliphatic carbocycles. The molecule has 1 heterocycles. The van der Waals surface area contributed by atoms with Crippen LogP contribution in [0.15, 0.2) is 24.3 Å². The van der Waals surface area contributed by atoms with Crippen LogP contribution < -0.4 is 5.32 Å². The Hall–Kier alpha value is -0.860. The highest BCUT2D eigenvalue weighted by atomic mass is 15.2. The molecule has 2 unspecified atom stereocenters. The fourth-order valence-electron chi connectivity index (χ4n) is 3.97. The van der Waals surface area contributed by atoms with Crippen LogP contribution in [0.4, 0.5) is 0 Å². The Bertz CT molecular complexity index is 437. The summed E-state index contributed by atoms with van der Waals surface area (Å²) in [4.78, 5) is 2.79. The van der Waals surface area contributed by atoms with E-state index in [1.165, 1.54) is 64.6 Å². The van der Waals surface area contributed by atoms with Crippen molar-refractivity contribution in [2.24, 2.45) is 0 Å². The predicted octanol–water partition coefficient (Wildman–Crippen LogP) is 3.40. The van der Waals surface area contributed by atoms with Gasteiger partial charge < -0.3 is 5.32 Å². The van der Waals surface area contributed by atoms with Crippen molar-refractivity contribution >= 4 is 0 Å². The van der Waals surface area contributed by atoms with Crippen LogP contribution in [0, 0.1) is 0 Å². The van der Waals surface area contributed by atoms with Crippen molar-refractivity contribution in [1.82, 2.24) is 10.2 Å². The van der Waals surface area contributed by atoms with E-state index in [2.05, 4.69) is 41.4 Å². The molecule has 116 valence electrons. The first-order valence-electron chi connectivity index (χ1n) is 8.91. The Kier molecular flexibility index (Phi) is 5.32. The van der Waals surface area contributed by atoms with Crippen molar-refractivity contribution in [3.8, 4) is 0 Å². The monoisotopic (exact) mass is 286 g/mol. The topological polar surface area (TPSA) is 15.3 Å². The number of benzene rings is 1. The second kappa shape index (κ2) is 7.42.